The highest BCUT2D eigenvalue weighted by atomic mass is 19.3. The summed E-state index contributed by atoms with van der Waals surface area (Å²) in [7, 11) is 0. The Labute approximate surface area is 117 Å². The molecule has 114 valence electrons. The lowest BCUT2D eigenvalue weighted by Gasteiger charge is -2.46. The van der Waals surface area contributed by atoms with Gasteiger partial charge in [0.2, 0.25) is 11.8 Å². The second-order valence-electron chi connectivity index (χ2n) is 6.31. The van der Waals surface area contributed by atoms with Crippen LogP contribution in [0.25, 0.3) is 0 Å². The van der Waals surface area contributed by atoms with Crippen molar-refractivity contribution in [3.05, 3.63) is 0 Å². The molecule has 0 aromatic rings. The van der Waals surface area contributed by atoms with Crippen LogP contribution in [0.4, 0.5) is 8.78 Å². The highest BCUT2D eigenvalue weighted by Gasteiger charge is 2.48. The average molecular weight is 288 g/mol. The molecule has 2 aliphatic rings. The number of hydrogen-bond donors (Lipinski definition) is 1. The first-order valence-corrected chi connectivity index (χ1v) is 7.24. The molecular formula is C14H22F2N2O2. The number of carbonyl (C=O) groups excluding carboxylic acids is 2. The quantitative estimate of drug-likeness (QED) is 0.863. The molecule has 0 aromatic carbocycles. The van der Waals surface area contributed by atoms with Crippen molar-refractivity contribution in [2.45, 2.75) is 64.0 Å². The van der Waals surface area contributed by atoms with Gasteiger partial charge in [0, 0.05) is 0 Å². The van der Waals surface area contributed by atoms with Crippen molar-refractivity contribution in [1.82, 2.24) is 10.2 Å². The van der Waals surface area contributed by atoms with Crippen LogP contribution in [0.5, 0.6) is 0 Å². The molecule has 4 nitrogen and oxygen atoms in total. The molecular weight excluding hydrogens is 266 g/mol. The third kappa shape index (κ3) is 2.94. The van der Waals surface area contributed by atoms with Crippen molar-refractivity contribution >= 4 is 11.8 Å². The molecule has 20 heavy (non-hydrogen) atoms. The fraction of sp³-hybridized carbons (Fsp3) is 0.857. The van der Waals surface area contributed by atoms with Crippen LogP contribution in [0.1, 0.15) is 46.0 Å². The summed E-state index contributed by atoms with van der Waals surface area (Å²) in [6.07, 6.45) is 2.13. The van der Waals surface area contributed by atoms with E-state index in [1.54, 1.807) is 13.8 Å². The number of rotatable bonds is 3. The summed E-state index contributed by atoms with van der Waals surface area (Å²) in [5, 5.41) is 2.68. The molecule has 2 amide bonds. The van der Waals surface area contributed by atoms with Gasteiger partial charge < -0.3 is 10.2 Å². The lowest BCUT2D eigenvalue weighted by atomic mass is 9.80. The van der Waals surface area contributed by atoms with Crippen molar-refractivity contribution < 1.29 is 18.4 Å². The second kappa shape index (κ2) is 5.66. The maximum absolute atomic E-state index is 12.8. The van der Waals surface area contributed by atoms with Gasteiger partial charge in [-0.3, -0.25) is 9.59 Å². The van der Waals surface area contributed by atoms with Crippen LogP contribution in [-0.4, -0.2) is 41.3 Å². The number of alkyl halides is 2. The SMILES string of the molecule is CC1(C)NC(=O)C(C2CCCCC2)N(CC(F)F)C1=O. The van der Waals surface area contributed by atoms with Gasteiger partial charge in [-0.05, 0) is 32.6 Å². The van der Waals surface area contributed by atoms with Crippen molar-refractivity contribution in [1.29, 1.82) is 0 Å². The zero-order valence-electron chi connectivity index (χ0n) is 12.0. The summed E-state index contributed by atoms with van der Waals surface area (Å²) in [4.78, 5) is 25.8. The fourth-order valence-corrected chi connectivity index (χ4v) is 3.33. The Kier molecular flexibility index (Phi) is 4.30. The molecule has 1 saturated carbocycles. The number of carbonyl (C=O) groups is 2. The van der Waals surface area contributed by atoms with Gasteiger partial charge in [-0.2, -0.15) is 0 Å². The minimum absolute atomic E-state index is 0.00236. The maximum Gasteiger partial charge on any atom is 0.255 e. The first kappa shape index (κ1) is 15.2. The molecule has 6 heteroatoms. The van der Waals surface area contributed by atoms with E-state index in [4.69, 9.17) is 0 Å². The monoisotopic (exact) mass is 288 g/mol. The van der Waals surface area contributed by atoms with Gasteiger partial charge in [-0.25, -0.2) is 8.78 Å². The third-order valence-electron chi connectivity index (χ3n) is 4.27. The van der Waals surface area contributed by atoms with Gasteiger partial charge in [-0.1, -0.05) is 19.3 Å². The summed E-state index contributed by atoms with van der Waals surface area (Å²) < 4.78 is 25.6. The van der Waals surface area contributed by atoms with Crippen LogP contribution < -0.4 is 5.32 Å². The first-order chi connectivity index (χ1) is 9.33. The first-order valence-electron chi connectivity index (χ1n) is 7.24. The number of hydrogen-bond acceptors (Lipinski definition) is 2. The second-order valence-corrected chi connectivity index (χ2v) is 6.31. The molecule has 0 spiro atoms. The fourth-order valence-electron chi connectivity index (χ4n) is 3.33. The van der Waals surface area contributed by atoms with Crippen molar-refractivity contribution in [2.75, 3.05) is 6.54 Å². The predicted molar refractivity (Wildman–Crippen MR) is 70.3 cm³/mol. The summed E-state index contributed by atoms with van der Waals surface area (Å²) in [6.45, 7) is 2.46. The highest BCUT2D eigenvalue weighted by Crippen LogP contribution is 2.32. The average Bonchev–Trinajstić information content (AvgIpc) is 2.36. The lowest BCUT2D eigenvalue weighted by Crippen LogP contribution is -2.70. The number of halogens is 2. The largest absolute Gasteiger partial charge is 0.340 e. The van der Waals surface area contributed by atoms with Crippen LogP contribution in [0.3, 0.4) is 0 Å². The van der Waals surface area contributed by atoms with E-state index in [9.17, 15) is 18.4 Å². The molecule has 1 aliphatic heterocycles. The summed E-state index contributed by atoms with van der Waals surface area (Å²) in [5.41, 5.74) is -1.10. The van der Waals surface area contributed by atoms with E-state index in [2.05, 4.69) is 5.32 Å². The van der Waals surface area contributed by atoms with E-state index < -0.39 is 30.5 Å². The molecule has 1 aliphatic carbocycles. The Morgan fingerprint density at radius 2 is 1.85 bits per heavy atom. The zero-order valence-corrected chi connectivity index (χ0v) is 12.0. The molecule has 1 unspecified atom stereocenters. The molecule has 1 saturated heterocycles. The zero-order chi connectivity index (χ0) is 14.9. The number of piperazine rings is 1. The van der Waals surface area contributed by atoms with Crippen LogP contribution in [0, 0.1) is 5.92 Å². The van der Waals surface area contributed by atoms with E-state index in [0.29, 0.717) is 0 Å². The summed E-state index contributed by atoms with van der Waals surface area (Å²) >= 11 is 0. The van der Waals surface area contributed by atoms with E-state index in [1.165, 1.54) is 0 Å². The Morgan fingerprint density at radius 3 is 2.40 bits per heavy atom. The van der Waals surface area contributed by atoms with Gasteiger partial charge >= 0.3 is 0 Å². The van der Waals surface area contributed by atoms with Crippen molar-refractivity contribution in [2.24, 2.45) is 5.92 Å². The minimum atomic E-state index is -2.62. The third-order valence-corrected chi connectivity index (χ3v) is 4.27. The Balaban J connectivity index is 2.25. The smallest absolute Gasteiger partial charge is 0.255 e. The van der Waals surface area contributed by atoms with Crippen molar-refractivity contribution in [3.8, 4) is 0 Å². The molecule has 0 radical (unpaired) electrons. The van der Waals surface area contributed by atoms with Gasteiger partial charge in [-0.15, -0.1) is 0 Å². The van der Waals surface area contributed by atoms with Gasteiger partial charge in [0.15, 0.2) is 0 Å². The molecule has 1 heterocycles. The van der Waals surface area contributed by atoms with Crippen molar-refractivity contribution in [3.63, 3.8) is 0 Å². The molecule has 2 rings (SSSR count). The standard InChI is InChI=1S/C14H22F2N2O2/c1-14(2)13(20)18(8-10(15)16)11(12(19)17-14)9-6-4-3-5-7-9/h9-11H,3-8H2,1-2H3,(H,17,19). The number of nitrogens with zero attached hydrogens (tertiary/aromatic N) is 1. The number of amides is 2. The normalized spacial score (nSPS) is 27.9. The predicted octanol–water partition coefficient (Wildman–Crippen LogP) is 1.94. The lowest BCUT2D eigenvalue weighted by molar-refractivity contribution is -0.158. The maximum atomic E-state index is 12.8. The van der Waals surface area contributed by atoms with Crippen LogP contribution >= 0.6 is 0 Å². The number of nitrogens with one attached hydrogen (secondary N) is 1. The topological polar surface area (TPSA) is 49.4 Å². The molecule has 0 aromatic heterocycles. The van der Waals surface area contributed by atoms with Crippen LogP contribution in [0.15, 0.2) is 0 Å². The van der Waals surface area contributed by atoms with Gasteiger partial charge in [0.05, 0.1) is 6.54 Å². The Bertz CT molecular complexity index is 393. The minimum Gasteiger partial charge on any atom is -0.340 e. The van der Waals surface area contributed by atoms with E-state index in [1.807, 2.05) is 0 Å². The molecule has 1 atom stereocenters. The molecule has 0 bridgehead atoms. The molecule has 1 N–H and O–H groups in total. The summed E-state index contributed by atoms with van der Waals surface area (Å²) in [5.74, 6) is -0.697. The van der Waals surface area contributed by atoms with E-state index in [0.717, 1.165) is 37.0 Å². The van der Waals surface area contributed by atoms with Crippen LogP contribution in [0.2, 0.25) is 0 Å². The van der Waals surface area contributed by atoms with E-state index >= 15 is 0 Å². The van der Waals surface area contributed by atoms with E-state index in [-0.39, 0.29) is 11.8 Å². The van der Waals surface area contributed by atoms with Gasteiger partial charge in [0.1, 0.15) is 11.6 Å². The Hall–Kier alpha value is -1.20. The highest BCUT2D eigenvalue weighted by molar-refractivity contribution is 5.99. The van der Waals surface area contributed by atoms with Gasteiger partial charge in [0.25, 0.3) is 6.43 Å². The summed E-state index contributed by atoms with van der Waals surface area (Å²) in [6, 6.07) is -0.732. The van der Waals surface area contributed by atoms with Crippen LogP contribution in [-0.2, 0) is 9.59 Å². The molecule has 2 fully saturated rings. The Morgan fingerprint density at radius 1 is 1.25 bits per heavy atom.